The van der Waals surface area contributed by atoms with E-state index in [2.05, 4.69) is 25.0 Å². The maximum Gasteiger partial charge on any atom is 0.182 e. The number of halogens is 3. The van der Waals surface area contributed by atoms with Crippen LogP contribution in [0.3, 0.4) is 0 Å². The van der Waals surface area contributed by atoms with E-state index < -0.39 is 11.6 Å². The second-order valence-electron chi connectivity index (χ2n) is 8.06. The van der Waals surface area contributed by atoms with Gasteiger partial charge in [-0.25, -0.2) is 28.2 Å². The molecule has 176 valence electrons. The van der Waals surface area contributed by atoms with Gasteiger partial charge in [0.25, 0.3) is 0 Å². The van der Waals surface area contributed by atoms with Crippen molar-refractivity contribution in [3.05, 3.63) is 101 Å². The van der Waals surface area contributed by atoms with Gasteiger partial charge in [-0.15, -0.1) is 0 Å². The first-order valence-electron chi connectivity index (χ1n) is 10.9. The smallest absolute Gasteiger partial charge is 0.182 e. The maximum atomic E-state index is 14.5. The molecule has 0 amide bonds. The zero-order chi connectivity index (χ0) is 24.8. The third kappa shape index (κ3) is 3.61. The summed E-state index contributed by atoms with van der Waals surface area (Å²) < 4.78 is 30.0. The zero-order valence-corrected chi connectivity index (χ0v) is 19.3. The highest BCUT2D eigenvalue weighted by atomic mass is 35.5. The summed E-state index contributed by atoms with van der Waals surface area (Å²) in [5.74, 6) is -0.458. The molecule has 0 radical (unpaired) electrons. The van der Waals surface area contributed by atoms with Crippen LogP contribution in [0.2, 0.25) is 5.02 Å². The van der Waals surface area contributed by atoms with Gasteiger partial charge >= 0.3 is 0 Å². The Morgan fingerprint density at radius 3 is 2.56 bits per heavy atom. The molecule has 2 N–H and O–H groups in total. The summed E-state index contributed by atoms with van der Waals surface area (Å²) in [7, 11) is 0. The SMILES string of the molecule is Nc1nc(-c2nc(Cc3c(F)ccc(F)c3Cl)n3ncccc23)ncc1-c1cccc2ncccc12. The van der Waals surface area contributed by atoms with Crippen molar-refractivity contribution in [1.29, 1.82) is 0 Å². The zero-order valence-electron chi connectivity index (χ0n) is 18.5. The molecule has 0 saturated heterocycles. The Labute approximate surface area is 208 Å². The molecule has 0 aliphatic heterocycles. The largest absolute Gasteiger partial charge is 0.383 e. The third-order valence-electron chi connectivity index (χ3n) is 5.92. The quantitative estimate of drug-likeness (QED) is 0.321. The fourth-order valence-electron chi connectivity index (χ4n) is 4.21. The van der Waals surface area contributed by atoms with Gasteiger partial charge < -0.3 is 5.73 Å². The molecule has 7 nitrogen and oxygen atoms in total. The number of hydrogen-bond donors (Lipinski definition) is 1. The number of anilines is 1. The first-order chi connectivity index (χ1) is 17.5. The fraction of sp³-hybridized carbons (Fsp3) is 0.0385. The summed E-state index contributed by atoms with van der Waals surface area (Å²) in [6.45, 7) is 0. The van der Waals surface area contributed by atoms with Gasteiger partial charge in [-0.05, 0) is 42.0 Å². The van der Waals surface area contributed by atoms with Crippen LogP contribution in [0, 0.1) is 11.6 Å². The summed E-state index contributed by atoms with van der Waals surface area (Å²) in [5, 5.41) is 4.96. The first kappa shape index (κ1) is 22.0. The Hall–Kier alpha value is -4.50. The highest BCUT2D eigenvalue weighted by Gasteiger charge is 2.21. The maximum absolute atomic E-state index is 14.5. The van der Waals surface area contributed by atoms with Crippen LogP contribution >= 0.6 is 11.6 Å². The van der Waals surface area contributed by atoms with E-state index in [1.165, 1.54) is 4.52 Å². The molecule has 10 heteroatoms. The van der Waals surface area contributed by atoms with E-state index in [0.29, 0.717) is 22.6 Å². The lowest BCUT2D eigenvalue weighted by Crippen LogP contribution is -2.02. The van der Waals surface area contributed by atoms with E-state index in [-0.39, 0.29) is 28.6 Å². The number of hydrogen-bond acceptors (Lipinski definition) is 6. The van der Waals surface area contributed by atoms with Crippen molar-refractivity contribution < 1.29 is 8.78 Å². The molecule has 4 heterocycles. The highest BCUT2D eigenvalue weighted by Crippen LogP contribution is 2.33. The van der Waals surface area contributed by atoms with Gasteiger partial charge in [-0.1, -0.05) is 29.8 Å². The number of nitrogens with two attached hydrogens (primary N) is 1. The second kappa shape index (κ2) is 8.62. The van der Waals surface area contributed by atoms with E-state index in [9.17, 15) is 8.78 Å². The van der Waals surface area contributed by atoms with E-state index in [1.54, 1.807) is 30.7 Å². The number of nitrogen functional groups attached to an aromatic ring is 1. The fourth-order valence-corrected chi connectivity index (χ4v) is 4.43. The van der Waals surface area contributed by atoms with Crippen molar-refractivity contribution in [3.63, 3.8) is 0 Å². The van der Waals surface area contributed by atoms with Crippen LogP contribution < -0.4 is 5.73 Å². The second-order valence-corrected chi connectivity index (χ2v) is 8.44. The average molecular weight is 500 g/mol. The molecule has 0 saturated carbocycles. The van der Waals surface area contributed by atoms with Gasteiger partial charge in [0.1, 0.15) is 29.0 Å². The minimum Gasteiger partial charge on any atom is -0.383 e. The number of pyridine rings is 1. The number of nitrogens with zero attached hydrogens (tertiary/aromatic N) is 6. The molecular weight excluding hydrogens is 484 g/mol. The number of aromatic nitrogens is 6. The summed E-state index contributed by atoms with van der Waals surface area (Å²) in [4.78, 5) is 18.1. The first-order valence-corrected chi connectivity index (χ1v) is 11.3. The van der Waals surface area contributed by atoms with E-state index in [4.69, 9.17) is 17.3 Å². The summed E-state index contributed by atoms with van der Waals surface area (Å²) in [6, 6.07) is 15.1. The van der Waals surface area contributed by atoms with Crippen molar-refractivity contribution >= 4 is 33.8 Å². The molecule has 0 fully saturated rings. The topological polar surface area (TPSA) is 94.9 Å². The van der Waals surface area contributed by atoms with Crippen LogP contribution in [0.15, 0.2) is 73.2 Å². The van der Waals surface area contributed by atoms with Crippen molar-refractivity contribution in [3.8, 4) is 22.6 Å². The number of imidazole rings is 1. The van der Waals surface area contributed by atoms with E-state index >= 15 is 0 Å². The number of benzene rings is 2. The van der Waals surface area contributed by atoms with Crippen LogP contribution in [-0.4, -0.2) is 29.5 Å². The van der Waals surface area contributed by atoms with Gasteiger partial charge in [-0.3, -0.25) is 4.98 Å². The average Bonchev–Trinajstić information content (AvgIpc) is 3.27. The van der Waals surface area contributed by atoms with Gasteiger partial charge in [0, 0.05) is 41.5 Å². The molecule has 0 bridgehead atoms. The summed E-state index contributed by atoms with van der Waals surface area (Å²) in [5.41, 5.74) is 9.71. The van der Waals surface area contributed by atoms with E-state index in [0.717, 1.165) is 28.6 Å². The minimum atomic E-state index is -0.711. The number of rotatable bonds is 4. The monoisotopic (exact) mass is 499 g/mol. The van der Waals surface area contributed by atoms with Gasteiger partial charge in [0.2, 0.25) is 0 Å². The molecule has 2 aromatic carbocycles. The minimum absolute atomic E-state index is 0.0129. The lowest BCUT2D eigenvalue weighted by atomic mass is 10.0. The Bertz CT molecular complexity index is 1780. The predicted octanol–water partition coefficient (Wildman–Crippen LogP) is 5.51. The van der Waals surface area contributed by atoms with Crippen molar-refractivity contribution in [2.45, 2.75) is 6.42 Å². The Morgan fingerprint density at radius 2 is 1.69 bits per heavy atom. The van der Waals surface area contributed by atoms with Gasteiger partial charge in [-0.2, -0.15) is 5.10 Å². The van der Waals surface area contributed by atoms with Crippen LogP contribution in [0.1, 0.15) is 11.4 Å². The molecule has 0 spiro atoms. The standard InChI is InChI=1S/C26H16ClF2N7/c27-23-16(18(28)8-9-19(23)29)12-22-34-24(21-7-3-11-33-36(21)22)26-32-13-17(25(30)35-26)14-4-1-6-20-15(14)5-2-10-31-20/h1-11,13H,12H2,(H2,30,32,35). The molecule has 6 aromatic rings. The molecule has 0 unspecified atom stereocenters. The van der Waals surface area contributed by atoms with E-state index in [1.807, 2.05) is 30.3 Å². The van der Waals surface area contributed by atoms with Gasteiger partial charge in [0.05, 0.1) is 16.1 Å². The summed E-state index contributed by atoms with van der Waals surface area (Å²) >= 11 is 6.04. The summed E-state index contributed by atoms with van der Waals surface area (Å²) in [6.07, 6.45) is 4.85. The molecule has 6 rings (SSSR count). The van der Waals surface area contributed by atoms with Crippen molar-refractivity contribution in [2.75, 3.05) is 5.73 Å². The normalized spacial score (nSPS) is 11.4. The van der Waals surface area contributed by atoms with Crippen LogP contribution in [-0.2, 0) is 6.42 Å². The molecule has 4 aromatic heterocycles. The Balaban J connectivity index is 1.46. The Morgan fingerprint density at radius 1 is 0.861 bits per heavy atom. The molecular formula is C26H16ClF2N7. The van der Waals surface area contributed by atoms with Crippen LogP contribution in [0.25, 0.3) is 39.1 Å². The molecule has 0 aliphatic carbocycles. The van der Waals surface area contributed by atoms with Gasteiger partial charge in [0.15, 0.2) is 5.82 Å². The molecule has 0 atom stereocenters. The highest BCUT2D eigenvalue weighted by molar-refractivity contribution is 6.31. The van der Waals surface area contributed by atoms with Crippen molar-refractivity contribution in [2.24, 2.45) is 0 Å². The number of fused-ring (bicyclic) bond motifs is 2. The lowest BCUT2D eigenvalue weighted by Gasteiger charge is -2.09. The van der Waals surface area contributed by atoms with Crippen molar-refractivity contribution in [1.82, 2.24) is 29.5 Å². The predicted molar refractivity (Wildman–Crippen MR) is 133 cm³/mol. The Kier molecular flexibility index (Phi) is 5.26. The van der Waals surface area contributed by atoms with Crippen LogP contribution in [0.5, 0.6) is 0 Å². The van der Waals surface area contributed by atoms with Crippen LogP contribution in [0.4, 0.5) is 14.6 Å². The third-order valence-corrected chi connectivity index (χ3v) is 6.33. The lowest BCUT2D eigenvalue weighted by molar-refractivity contribution is 0.587. The molecule has 36 heavy (non-hydrogen) atoms. The molecule has 0 aliphatic rings.